The van der Waals surface area contributed by atoms with Crippen LogP contribution in [0.15, 0.2) is 78.9 Å². The molecule has 0 atom stereocenters. The predicted molar refractivity (Wildman–Crippen MR) is 103 cm³/mol. The van der Waals surface area contributed by atoms with E-state index in [0.717, 1.165) is 11.1 Å². The fourth-order valence-electron chi connectivity index (χ4n) is 2.62. The van der Waals surface area contributed by atoms with Crippen LogP contribution in [-0.2, 0) is 13.1 Å². The van der Waals surface area contributed by atoms with Crippen molar-refractivity contribution in [3.05, 3.63) is 106 Å². The number of hydrogen-bond acceptors (Lipinski definition) is 1. The Hall–Kier alpha value is -2.29. The molecule has 0 bridgehead atoms. The standard InChI is InChI=1S/C21H17Cl2NO/c22-19-12-11-18(13-20(19)23)21(25)24(14-16-7-3-1-4-8-16)15-17-9-5-2-6-10-17/h1-13H,14-15H2. The number of nitrogens with zero attached hydrogens (tertiary/aromatic N) is 1. The van der Waals surface area contributed by atoms with Crippen molar-refractivity contribution in [2.24, 2.45) is 0 Å². The number of carbonyl (C=O) groups is 1. The van der Waals surface area contributed by atoms with Gasteiger partial charge in [0.05, 0.1) is 10.0 Å². The van der Waals surface area contributed by atoms with Crippen LogP contribution in [0.25, 0.3) is 0 Å². The van der Waals surface area contributed by atoms with Crippen LogP contribution in [0.3, 0.4) is 0 Å². The Balaban J connectivity index is 1.88. The molecule has 126 valence electrons. The van der Waals surface area contributed by atoms with E-state index in [1.165, 1.54) is 0 Å². The van der Waals surface area contributed by atoms with Crippen molar-refractivity contribution < 1.29 is 4.79 Å². The normalized spacial score (nSPS) is 10.5. The Bertz CT molecular complexity index is 809. The molecule has 4 heteroatoms. The molecule has 2 nitrogen and oxygen atoms in total. The number of carbonyl (C=O) groups excluding carboxylic acids is 1. The van der Waals surface area contributed by atoms with Crippen molar-refractivity contribution in [2.75, 3.05) is 0 Å². The van der Waals surface area contributed by atoms with Crippen LogP contribution in [0.4, 0.5) is 0 Å². The number of amides is 1. The summed E-state index contributed by atoms with van der Waals surface area (Å²) in [5, 5.41) is 0.822. The Kier molecular flexibility index (Phi) is 5.75. The van der Waals surface area contributed by atoms with Gasteiger partial charge in [-0.25, -0.2) is 0 Å². The second-order valence-electron chi connectivity index (χ2n) is 5.76. The van der Waals surface area contributed by atoms with Crippen molar-refractivity contribution >= 4 is 29.1 Å². The highest BCUT2D eigenvalue weighted by molar-refractivity contribution is 6.42. The van der Waals surface area contributed by atoms with E-state index in [4.69, 9.17) is 23.2 Å². The van der Waals surface area contributed by atoms with Gasteiger partial charge in [-0.3, -0.25) is 4.79 Å². The molecule has 0 saturated carbocycles. The van der Waals surface area contributed by atoms with Crippen LogP contribution in [0, 0.1) is 0 Å². The lowest BCUT2D eigenvalue weighted by molar-refractivity contribution is 0.0730. The van der Waals surface area contributed by atoms with Crippen LogP contribution < -0.4 is 0 Å². The predicted octanol–water partition coefficient (Wildman–Crippen LogP) is 5.84. The van der Waals surface area contributed by atoms with E-state index >= 15 is 0 Å². The lowest BCUT2D eigenvalue weighted by Crippen LogP contribution is -2.30. The third-order valence-corrected chi connectivity index (χ3v) is 4.63. The molecule has 0 heterocycles. The number of halogens is 2. The third kappa shape index (κ3) is 4.62. The highest BCUT2D eigenvalue weighted by Gasteiger charge is 2.17. The summed E-state index contributed by atoms with van der Waals surface area (Å²) in [6, 6.07) is 24.9. The zero-order chi connectivity index (χ0) is 17.6. The first-order valence-electron chi connectivity index (χ1n) is 7.95. The van der Waals surface area contributed by atoms with Gasteiger partial charge in [0.15, 0.2) is 0 Å². The van der Waals surface area contributed by atoms with E-state index in [9.17, 15) is 4.79 Å². The highest BCUT2D eigenvalue weighted by atomic mass is 35.5. The van der Waals surface area contributed by atoms with Crippen LogP contribution in [0.2, 0.25) is 10.0 Å². The SMILES string of the molecule is O=C(c1ccc(Cl)c(Cl)c1)N(Cc1ccccc1)Cc1ccccc1. The summed E-state index contributed by atoms with van der Waals surface area (Å²) in [5.74, 6) is -0.0775. The van der Waals surface area contributed by atoms with Gasteiger partial charge >= 0.3 is 0 Å². The number of hydrogen-bond donors (Lipinski definition) is 0. The molecule has 0 radical (unpaired) electrons. The molecule has 0 fully saturated rings. The second-order valence-corrected chi connectivity index (χ2v) is 6.58. The minimum Gasteiger partial charge on any atom is -0.330 e. The van der Waals surface area contributed by atoms with Crippen LogP contribution in [-0.4, -0.2) is 10.8 Å². The van der Waals surface area contributed by atoms with E-state index in [1.54, 1.807) is 18.2 Å². The molecular weight excluding hydrogens is 353 g/mol. The Morgan fingerprint density at radius 2 is 1.24 bits per heavy atom. The summed E-state index contributed by atoms with van der Waals surface area (Å²) in [6.07, 6.45) is 0. The van der Waals surface area contributed by atoms with Crippen LogP contribution >= 0.6 is 23.2 Å². The molecule has 0 aliphatic heterocycles. The highest BCUT2D eigenvalue weighted by Crippen LogP contribution is 2.24. The first-order valence-corrected chi connectivity index (χ1v) is 8.71. The second kappa shape index (κ2) is 8.19. The van der Waals surface area contributed by atoms with Gasteiger partial charge in [0.1, 0.15) is 0 Å². The maximum absolute atomic E-state index is 13.0. The topological polar surface area (TPSA) is 20.3 Å². The van der Waals surface area contributed by atoms with Crippen LogP contribution in [0.5, 0.6) is 0 Å². The first kappa shape index (κ1) is 17.5. The molecule has 0 N–H and O–H groups in total. The number of benzene rings is 3. The zero-order valence-corrected chi connectivity index (χ0v) is 15.0. The summed E-state index contributed by atoms with van der Waals surface area (Å²) in [5.41, 5.74) is 2.68. The molecule has 0 aliphatic carbocycles. The van der Waals surface area contributed by atoms with Crippen molar-refractivity contribution in [2.45, 2.75) is 13.1 Å². The van der Waals surface area contributed by atoms with Gasteiger partial charge in [-0.15, -0.1) is 0 Å². The minimum absolute atomic E-state index is 0.0775. The Morgan fingerprint density at radius 3 is 1.72 bits per heavy atom. The summed E-state index contributed by atoms with van der Waals surface area (Å²) < 4.78 is 0. The van der Waals surface area contributed by atoms with Crippen LogP contribution in [0.1, 0.15) is 21.5 Å². The quantitative estimate of drug-likeness (QED) is 0.553. The maximum Gasteiger partial charge on any atom is 0.254 e. The largest absolute Gasteiger partial charge is 0.330 e. The lowest BCUT2D eigenvalue weighted by Gasteiger charge is -2.23. The van der Waals surface area contributed by atoms with Crippen molar-refractivity contribution in [1.29, 1.82) is 0 Å². The van der Waals surface area contributed by atoms with E-state index in [0.29, 0.717) is 28.7 Å². The smallest absolute Gasteiger partial charge is 0.254 e. The summed E-state index contributed by atoms with van der Waals surface area (Å²) in [6.45, 7) is 1.05. The van der Waals surface area contributed by atoms with E-state index in [-0.39, 0.29) is 5.91 Å². The summed E-state index contributed by atoms with van der Waals surface area (Å²) >= 11 is 12.0. The van der Waals surface area contributed by atoms with Crippen molar-refractivity contribution in [3.8, 4) is 0 Å². The molecule has 0 spiro atoms. The summed E-state index contributed by atoms with van der Waals surface area (Å²) in [4.78, 5) is 14.9. The number of rotatable bonds is 5. The van der Waals surface area contributed by atoms with Gasteiger partial charge in [0, 0.05) is 18.7 Å². The Morgan fingerprint density at radius 1 is 0.720 bits per heavy atom. The molecule has 0 unspecified atom stereocenters. The molecule has 25 heavy (non-hydrogen) atoms. The molecule has 1 amide bonds. The fraction of sp³-hybridized carbons (Fsp3) is 0.0952. The van der Waals surface area contributed by atoms with E-state index < -0.39 is 0 Å². The van der Waals surface area contributed by atoms with E-state index in [2.05, 4.69) is 0 Å². The summed E-state index contributed by atoms with van der Waals surface area (Å²) in [7, 11) is 0. The van der Waals surface area contributed by atoms with Gasteiger partial charge in [-0.1, -0.05) is 83.9 Å². The molecule has 3 aromatic carbocycles. The third-order valence-electron chi connectivity index (χ3n) is 3.89. The maximum atomic E-state index is 13.0. The molecular formula is C21H17Cl2NO. The molecule has 3 rings (SSSR count). The molecule has 0 aliphatic rings. The van der Waals surface area contributed by atoms with Gasteiger partial charge < -0.3 is 4.90 Å². The molecule has 0 saturated heterocycles. The molecule has 0 aromatic heterocycles. The molecule has 3 aromatic rings. The average Bonchev–Trinajstić information content (AvgIpc) is 2.64. The van der Waals surface area contributed by atoms with Gasteiger partial charge in [-0.2, -0.15) is 0 Å². The lowest BCUT2D eigenvalue weighted by atomic mass is 10.1. The average molecular weight is 370 g/mol. The fourth-order valence-corrected chi connectivity index (χ4v) is 2.92. The Labute approximate surface area is 157 Å². The zero-order valence-electron chi connectivity index (χ0n) is 13.5. The first-order chi connectivity index (χ1) is 12.1. The van der Waals surface area contributed by atoms with Crippen molar-refractivity contribution in [3.63, 3.8) is 0 Å². The van der Waals surface area contributed by atoms with Gasteiger partial charge in [-0.05, 0) is 29.3 Å². The monoisotopic (exact) mass is 369 g/mol. The minimum atomic E-state index is -0.0775. The van der Waals surface area contributed by atoms with E-state index in [1.807, 2.05) is 65.6 Å². The van der Waals surface area contributed by atoms with Gasteiger partial charge in [0.25, 0.3) is 5.91 Å². The van der Waals surface area contributed by atoms with Gasteiger partial charge in [0.2, 0.25) is 0 Å². The van der Waals surface area contributed by atoms with Crippen molar-refractivity contribution in [1.82, 2.24) is 4.90 Å².